The number of aryl methyl sites for hydroxylation is 1. The van der Waals surface area contributed by atoms with Gasteiger partial charge in [0.25, 0.3) is 0 Å². The maximum absolute atomic E-state index is 11.0. The highest BCUT2D eigenvalue weighted by Crippen LogP contribution is 2.58. The summed E-state index contributed by atoms with van der Waals surface area (Å²) in [7, 11) is 3.12. The minimum absolute atomic E-state index is 0.0648. The average molecular weight is 285 g/mol. The van der Waals surface area contributed by atoms with E-state index in [9.17, 15) is 4.79 Å². The number of hydrogen-bond acceptors (Lipinski definition) is 3. The molecule has 1 N–H and O–H groups in total. The molecule has 0 aliphatic heterocycles. The van der Waals surface area contributed by atoms with Gasteiger partial charge < -0.3 is 14.6 Å². The molecule has 2 rings (SSSR count). The topological polar surface area (TPSA) is 55.8 Å². The van der Waals surface area contributed by atoms with Crippen molar-refractivity contribution in [1.82, 2.24) is 0 Å². The first-order valence-electron chi connectivity index (χ1n) is 6.08. The van der Waals surface area contributed by atoms with Gasteiger partial charge in [-0.1, -0.05) is 11.6 Å². The van der Waals surface area contributed by atoms with Gasteiger partial charge in [-0.2, -0.15) is 0 Å². The number of benzene rings is 1. The maximum Gasteiger partial charge on any atom is 0.304 e. The molecule has 1 fully saturated rings. The van der Waals surface area contributed by atoms with Crippen LogP contribution in [0.1, 0.15) is 30.4 Å². The Kier molecular flexibility index (Phi) is 3.63. The predicted octanol–water partition coefficient (Wildman–Crippen LogP) is 3.17. The Labute approximate surface area is 117 Å². The monoisotopic (exact) mass is 284 g/mol. The molecule has 5 heteroatoms. The van der Waals surface area contributed by atoms with Crippen molar-refractivity contribution in [2.75, 3.05) is 14.2 Å². The summed E-state index contributed by atoms with van der Waals surface area (Å²) in [6.07, 6.45) is 1.68. The second-order valence-electron chi connectivity index (χ2n) is 4.97. The molecule has 1 saturated carbocycles. The molecule has 0 spiro atoms. The Morgan fingerprint density at radius 1 is 1.42 bits per heavy atom. The number of carboxylic acid groups (broad SMARTS) is 1. The van der Waals surface area contributed by atoms with E-state index in [0.29, 0.717) is 16.5 Å². The summed E-state index contributed by atoms with van der Waals surface area (Å²) in [6.45, 7) is 1.88. The average Bonchev–Trinajstić information content (AvgIpc) is 3.07. The second-order valence-corrected chi connectivity index (χ2v) is 5.35. The van der Waals surface area contributed by atoms with Crippen molar-refractivity contribution >= 4 is 17.6 Å². The van der Waals surface area contributed by atoms with Crippen LogP contribution in [0.25, 0.3) is 0 Å². The zero-order valence-corrected chi connectivity index (χ0v) is 12.0. The van der Waals surface area contributed by atoms with Crippen LogP contribution in [-0.4, -0.2) is 25.3 Å². The van der Waals surface area contributed by atoms with E-state index in [0.717, 1.165) is 24.0 Å². The van der Waals surface area contributed by atoms with Crippen LogP contribution in [0.4, 0.5) is 0 Å². The normalized spacial score (nSPS) is 16.0. The van der Waals surface area contributed by atoms with E-state index >= 15 is 0 Å². The molecule has 1 aromatic rings. The van der Waals surface area contributed by atoms with Crippen LogP contribution >= 0.6 is 11.6 Å². The molecule has 1 aromatic carbocycles. The van der Waals surface area contributed by atoms with Gasteiger partial charge in [0.1, 0.15) is 11.5 Å². The number of carboxylic acids is 1. The van der Waals surface area contributed by atoms with Crippen LogP contribution in [0, 0.1) is 6.92 Å². The van der Waals surface area contributed by atoms with Crippen molar-refractivity contribution in [2.45, 2.75) is 31.6 Å². The Morgan fingerprint density at radius 2 is 2.05 bits per heavy atom. The van der Waals surface area contributed by atoms with E-state index in [1.165, 1.54) is 0 Å². The summed E-state index contributed by atoms with van der Waals surface area (Å²) in [4.78, 5) is 11.0. The molecule has 1 aliphatic carbocycles. The van der Waals surface area contributed by atoms with Crippen LogP contribution in [0.3, 0.4) is 0 Å². The molecule has 0 saturated heterocycles. The van der Waals surface area contributed by atoms with Crippen molar-refractivity contribution in [2.24, 2.45) is 0 Å². The zero-order chi connectivity index (χ0) is 14.2. The molecule has 0 unspecified atom stereocenters. The Hall–Kier alpha value is -1.42. The largest absolute Gasteiger partial charge is 0.496 e. The number of ether oxygens (including phenoxy) is 2. The molecule has 0 radical (unpaired) electrons. The van der Waals surface area contributed by atoms with Gasteiger partial charge in [-0.05, 0) is 31.4 Å². The van der Waals surface area contributed by atoms with Crippen molar-refractivity contribution in [3.05, 3.63) is 22.2 Å². The van der Waals surface area contributed by atoms with Gasteiger partial charge in [-0.25, -0.2) is 0 Å². The molecule has 0 aromatic heterocycles. The van der Waals surface area contributed by atoms with Gasteiger partial charge in [0.05, 0.1) is 25.7 Å². The van der Waals surface area contributed by atoms with Gasteiger partial charge in [0.2, 0.25) is 0 Å². The number of hydrogen-bond donors (Lipinski definition) is 1. The molecular formula is C14H17ClO4. The lowest BCUT2D eigenvalue weighted by molar-refractivity contribution is -0.137. The van der Waals surface area contributed by atoms with Crippen LogP contribution in [0.5, 0.6) is 11.5 Å². The summed E-state index contributed by atoms with van der Waals surface area (Å²) < 4.78 is 10.7. The van der Waals surface area contributed by atoms with Gasteiger partial charge in [-0.15, -0.1) is 0 Å². The van der Waals surface area contributed by atoms with E-state index in [-0.39, 0.29) is 6.42 Å². The maximum atomic E-state index is 11.0. The molecule has 0 amide bonds. The van der Waals surface area contributed by atoms with Crippen molar-refractivity contribution in [3.8, 4) is 11.5 Å². The highest BCUT2D eigenvalue weighted by molar-refractivity contribution is 6.33. The Morgan fingerprint density at radius 3 is 2.47 bits per heavy atom. The van der Waals surface area contributed by atoms with Crippen LogP contribution in [0.15, 0.2) is 6.07 Å². The fourth-order valence-corrected chi connectivity index (χ4v) is 3.11. The molecule has 4 nitrogen and oxygen atoms in total. The van der Waals surface area contributed by atoms with E-state index < -0.39 is 11.4 Å². The lowest BCUT2D eigenvalue weighted by Gasteiger charge is -2.21. The molecule has 1 aliphatic rings. The van der Waals surface area contributed by atoms with Crippen molar-refractivity contribution in [1.29, 1.82) is 0 Å². The van der Waals surface area contributed by atoms with E-state index in [1.54, 1.807) is 14.2 Å². The molecule has 0 heterocycles. The smallest absolute Gasteiger partial charge is 0.304 e. The summed E-state index contributed by atoms with van der Waals surface area (Å²) in [5, 5.41) is 9.54. The molecular weight excluding hydrogens is 268 g/mol. The Bertz CT molecular complexity index is 521. The quantitative estimate of drug-likeness (QED) is 0.902. The summed E-state index contributed by atoms with van der Waals surface area (Å²) in [5.41, 5.74) is 1.23. The van der Waals surface area contributed by atoms with Crippen molar-refractivity contribution in [3.63, 3.8) is 0 Å². The lowest BCUT2D eigenvalue weighted by atomic mass is 9.90. The fourth-order valence-electron chi connectivity index (χ4n) is 2.59. The van der Waals surface area contributed by atoms with Crippen LogP contribution in [-0.2, 0) is 10.2 Å². The molecule has 19 heavy (non-hydrogen) atoms. The highest BCUT2D eigenvalue weighted by atomic mass is 35.5. The predicted molar refractivity (Wildman–Crippen MR) is 72.5 cm³/mol. The molecule has 0 bridgehead atoms. The minimum Gasteiger partial charge on any atom is -0.496 e. The number of rotatable bonds is 5. The standard InChI is InChI=1S/C14H17ClO4/c1-8-6-9(18-2)11(12(15)13(8)19-3)14(4-5-14)7-10(16)17/h6H,4-5,7H2,1-3H3,(H,16,17). The van der Waals surface area contributed by atoms with Gasteiger partial charge >= 0.3 is 5.97 Å². The van der Waals surface area contributed by atoms with Crippen LogP contribution in [0.2, 0.25) is 5.02 Å². The lowest BCUT2D eigenvalue weighted by Crippen LogP contribution is -2.15. The summed E-state index contributed by atoms with van der Waals surface area (Å²) in [5.74, 6) is 0.409. The van der Waals surface area contributed by atoms with Crippen molar-refractivity contribution < 1.29 is 19.4 Å². The van der Waals surface area contributed by atoms with E-state index in [2.05, 4.69) is 0 Å². The number of carbonyl (C=O) groups is 1. The first-order valence-corrected chi connectivity index (χ1v) is 6.46. The van der Waals surface area contributed by atoms with Gasteiger partial charge in [0, 0.05) is 11.0 Å². The third kappa shape index (κ3) is 2.37. The molecule has 104 valence electrons. The van der Waals surface area contributed by atoms with E-state index in [4.69, 9.17) is 26.2 Å². The van der Waals surface area contributed by atoms with E-state index in [1.807, 2.05) is 13.0 Å². The first kappa shape index (κ1) is 14.0. The number of methoxy groups -OCH3 is 2. The van der Waals surface area contributed by atoms with Crippen LogP contribution < -0.4 is 9.47 Å². The SMILES string of the molecule is COc1cc(C)c(OC)c(Cl)c1C1(CC(=O)O)CC1. The van der Waals surface area contributed by atoms with Gasteiger partial charge in [-0.3, -0.25) is 4.79 Å². The third-order valence-electron chi connectivity index (χ3n) is 3.67. The Balaban J connectivity index is 2.58. The number of aliphatic carboxylic acids is 1. The van der Waals surface area contributed by atoms with Gasteiger partial charge in [0.15, 0.2) is 0 Å². The number of halogens is 1. The third-order valence-corrected chi connectivity index (χ3v) is 4.03. The zero-order valence-electron chi connectivity index (χ0n) is 11.2. The summed E-state index contributed by atoms with van der Waals surface area (Å²) >= 11 is 6.41. The first-order chi connectivity index (χ1) is 8.95. The minimum atomic E-state index is -0.824. The molecule has 0 atom stereocenters. The summed E-state index contributed by atoms with van der Waals surface area (Å²) in [6, 6.07) is 1.85. The fraction of sp³-hybridized carbons (Fsp3) is 0.500. The second kappa shape index (κ2) is 4.93. The highest BCUT2D eigenvalue weighted by Gasteiger charge is 2.49.